The molecule has 1 aliphatic heterocycles. The van der Waals surface area contributed by atoms with E-state index in [1.807, 2.05) is 6.21 Å². The van der Waals surface area contributed by atoms with Crippen LogP contribution in [-0.4, -0.2) is 6.21 Å². The third-order valence-corrected chi connectivity index (χ3v) is 2.08. The Morgan fingerprint density at radius 3 is 2.80 bits per heavy atom. The SMILES string of the molecule is CC1=C(C)C2=CC=NC2=C1. The minimum absolute atomic E-state index is 1.13. The fraction of sp³-hybridized carbons (Fsp3) is 0.222. The van der Waals surface area contributed by atoms with E-state index in [1.165, 1.54) is 16.7 Å². The molecule has 1 heteroatoms. The topological polar surface area (TPSA) is 12.4 Å². The molecule has 0 fully saturated rings. The Morgan fingerprint density at radius 2 is 2.10 bits per heavy atom. The number of fused-ring (bicyclic) bond motifs is 1. The summed E-state index contributed by atoms with van der Waals surface area (Å²) in [5.74, 6) is 0. The van der Waals surface area contributed by atoms with Gasteiger partial charge in [-0.05, 0) is 37.1 Å². The first-order chi connectivity index (χ1) is 4.79. The van der Waals surface area contributed by atoms with Crippen molar-refractivity contribution in [3.05, 3.63) is 34.6 Å². The van der Waals surface area contributed by atoms with E-state index in [-0.39, 0.29) is 0 Å². The Morgan fingerprint density at radius 1 is 1.30 bits per heavy atom. The molecule has 0 bridgehead atoms. The van der Waals surface area contributed by atoms with E-state index in [4.69, 9.17) is 0 Å². The van der Waals surface area contributed by atoms with E-state index in [0.29, 0.717) is 0 Å². The van der Waals surface area contributed by atoms with Gasteiger partial charge in [0, 0.05) is 11.8 Å². The predicted octanol–water partition coefficient (Wildman–Crippen LogP) is 2.23. The molecule has 0 amide bonds. The van der Waals surface area contributed by atoms with Crippen molar-refractivity contribution < 1.29 is 0 Å². The summed E-state index contributed by atoms with van der Waals surface area (Å²) in [7, 11) is 0. The van der Waals surface area contributed by atoms with Gasteiger partial charge in [0.05, 0.1) is 5.70 Å². The van der Waals surface area contributed by atoms with Gasteiger partial charge in [-0.15, -0.1) is 0 Å². The zero-order chi connectivity index (χ0) is 7.14. The van der Waals surface area contributed by atoms with Crippen molar-refractivity contribution in [3.63, 3.8) is 0 Å². The number of rotatable bonds is 0. The maximum Gasteiger partial charge on any atom is 0.0707 e. The number of allylic oxidation sites excluding steroid dienone is 4. The Balaban J connectivity index is 2.56. The number of aliphatic imine (C=N–C) groups is 1. The number of nitrogens with zero attached hydrogens (tertiary/aromatic N) is 1. The summed E-state index contributed by atoms with van der Waals surface area (Å²) in [4.78, 5) is 4.20. The highest BCUT2D eigenvalue weighted by Gasteiger charge is 2.16. The van der Waals surface area contributed by atoms with Crippen LogP contribution in [0.25, 0.3) is 0 Å². The molecule has 1 nitrogen and oxygen atoms in total. The summed E-state index contributed by atoms with van der Waals surface area (Å²) < 4.78 is 0. The van der Waals surface area contributed by atoms with Gasteiger partial charge in [0.25, 0.3) is 0 Å². The molecule has 0 spiro atoms. The average molecular weight is 131 g/mol. The number of hydrogen-bond donors (Lipinski definition) is 0. The van der Waals surface area contributed by atoms with Crippen molar-refractivity contribution in [1.29, 1.82) is 0 Å². The zero-order valence-electron chi connectivity index (χ0n) is 6.18. The predicted molar refractivity (Wildman–Crippen MR) is 43.0 cm³/mol. The highest BCUT2D eigenvalue weighted by Crippen LogP contribution is 2.33. The molecule has 1 heterocycles. The minimum atomic E-state index is 1.13. The van der Waals surface area contributed by atoms with Crippen molar-refractivity contribution in [2.75, 3.05) is 0 Å². The van der Waals surface area contributed by atoms with Gasteiger partial charge in [-0.1, -0.05) is 0 Å². The average Bonchev–Trinajstić information content (AvgIpc) is 2.41. The van der Waals surface area contributed by atoms with Crippen molar-refractivity contribution in [3.8, 4) is 0 Å². The van der Waals surface area contributed by atoms with Crippen molar-refractivity contribution in [2.45, 2.75) is 13.8 Å². The molecule has 2 rings (SSSR count). The highest BCUT2D eigenvalue weighted by atomic mass is 14.8. The maximum atomic E-state index is 4.20. The lowest BCUT2D eigenvalue weighted by Gasteiger charge is -1.94. The van der Waals surface area contributed by atoms with Crippen molar-refractivity contribution >= 4 is 6.21 Å². The minimum Gasteiger partial charge on any atom is -0.256 e. The van der Waals surface area contributed by atoms with E-state index in [1.54, 1.807) is 0 Å². The monoisotopic (exact) mass is 131 g/mol. The van der Waals surface area contributed by atoms with Gasteiger partial charge < -0.3 is 0 Å². The first-order valence-electron chi connectivity index (χ1n) is 3.43. The molecule has 0 saturated heterocycles. The van der Waals surface area contributed by atoms with Crippen LogP contribution in [0.3, 0.4) is 0 Å². The normalized spacial score (nSPS) is 21.4. The quantitative estimate of drug-likeness (QED) is 0.478. The highest BCUT2D eigenvalue weighted by molar-refractivity contribution is 5.84. The first kappa shape index (κ1) is 5.66. The summed E-state index contributed by atoms with van der Waals surface area (Å²) >= 11 is 0. The summed E-state index contributed by atoms with van der Waals surface area (Å²) in [5.41, 5.74) is 5.15. The smallest absolute Gasteiger partial charge is 0.0707 e. The van der Waals surface area contributed by atoms with E-state index < -0.39 is 0 Å². The van der Waals surface area contributed by atoms with Crippen LogP contribution in [0.5, 0.6) is 0 Å². The second-order valence-corrected chi connectivity index (χ2v) is 2.70. The summed E-state index contributed by atoms with van der Waals surface area (Å²) in [6.45, 7) is 4.26. The van der Waals surface area contributed by atoms with Gasteiger partial charge in [-0.25, -0.2) is 0 Å². The first-order valence-corrected chi connectivity index (χ1v) is 3.43. The van der Waals surface area contributed by atoms with Crippen LogP contribution in [0.1, 0.15) is 13.8 Å². The molecule has 1 aliphatic carbocycles. The lowest BCUT2D eigenvalue weighted by atomic mass is 10.1. The molecule has 0 aromatic rings. The second-order valence-electron chi connectivity index (χ2n) is 2.70. The van der Waals surface area contributed by atoms with Crippen molar-refractivity contribution in [1.82, 2.24) is 0 Å². The molecular weight excluding hydrogens is 122 g/mol. The second kappa shape index (κ2) is 1.69. The third kappa shape index (κ3) is 0.548. The van der Waals surface area contributed by atoms with Gasteiger partial charge >= 0.3 is 0 Å². The summed E-state index contributed by atoms with van der Waals surface area (Å²) in [6, 6.07) is 0. The summed E-state index contributed by atoms with van der Waals surface area (Å²) in [6.07, 6.45) is 6.06. The van der Waals surface area contributed by atoms with Crippen LogP contribution in [0.15, 0.2) is 39.6 Å². The van der Waals surface area contributed by atoms with Crippen LogP contribution in [-0.2, 0) is 0 Å². The molecule has 0 aromatic carbocycles. The Hall–Kier alpha value is -1.11. The molecule has 0 unspecified atom stereocenters. The van der Waals surface area contributed by atoms with Gasteiger partial charge in [-0.3, -0.25) is 4.99 Å². The van der Waals surface area contributed by atoms with Gasteiger partial charge in [-0.2, -0.15) is 0 Å². The molecule has 0 aromatic heterocycles. The molecule has 0 radical (unpaired) electrons. The maximum absolute atomic E-state index is 4.20. The summed E-state index contributed by atoms with van der Waals surface area (Å²) in [5, 5.41) is 0. The lowest BCUT2D eigenvalue weighted by Crippen LogP contribution is -1.77. The van der Waals surface area contributed by atoms with Crippen LogP contribution in [0.4, 0.5) is 0 Å². The molecule has 10 heavy (non-hydrogen) atoms. The standard InChI is InChI=1S/C9H9N/c1-6-5-9-8(7(6)2)3-4-10-9/h3-5H,1-2H3. The molecular formula is C9H9N. The molecule has 0 saturated carbocycles. The molecule has 50 valence electrons. The van der Waals surface area contributed by atoms with Gasteiger partial charge in [0.15, 0.2) is 0 Å². The van der Waals surface area contributed by atoms with E-state index in [0.717, 1.165) is 5.70 Å². The van der Waals surface area contributed by atoms with Crippen LogP contribution >= 0.6 is 0 Å². The van der Waals surface area contributed by atoms with Gasteiger partial charge in [0.2, 0.25) is 0 Å². The van der Waals surface area contributed by atoms with Crippen LogP contribution in [0.2, 0.25) is 0 Å². The third-order valence-electron chi connectivity index (χ3n) is 2.08. The Bertz CT molecular complexity index is 293. The Labute approximate surface area is 60.5 Å². The molecule has 0 atom stereocenters. The lowest BCUT2D eigenvalue weighted by molar-refractivity contribution is 1.35. The van der Waals surface area contributed by atoms with Crippen LogP contribution < -0.4 is 0 Å². The van der Waals surface area contributed by atoms with E-state index in [2.05, 4.69) is 31.0 Å². The van der Waals surface area contributed by atoms with E-state index >= 15 is 0 Å². The largest absolute Gasteiger partial charge is 0.256 e. The number of hydrogen-bond acceptors (Lipinski definition) is 1. The fourth-order valence-corrected chi connectivity index (χ4v) is 1.30. The van der Waals surface area contributed by atoms with Crippen LogP contribution in [0, 0.1) is 0 Å². The van der Waals surface area contributed by atoms with Gasteiger partial charge in [0.1, 0.15) is 0 Å². The fourth-order valence-electron chi connectivity index (χ4n) is 1.30. The van der Waals surface area contributed by atoms with E-state index in [9.17, 15) is 0 Å². The molecule has 0 N–H and O–H groups in total. The molecule has 2 aliphatic rings. The van der Waals surface area contributed by atoms with Crippen molar-refractivity contribution in [2.24, 2.45) is 4.99 Å². The zero-order valence-corrected chi connectivity index (χ0v) is 6.18. The Kier molecular flexibility index (Phi) is 0.956.